The molecule has 1 fully saturated rings. The smallest absolute Gasteiger partial charge is 0.252 e. The highest BCUT2D eigenvalue weighted by Gasteiger charge is 2.43. The van der Waals surface area contributed by atoms with Crippen LogP contribution < -0.4 is 10.6 Å². The minimum absolute atomic E-state index is 0.0794. The second-order valence-corrected chi connectivity index (χ2v) is 4.34. The van der Waals surface area contributed by atoms with Gasteiger partial charge in [-0.1, -0.05) is 6.08 Å². The summed E-state index contributed by atoms with van der Waals surface area (Å²) in [5.41, 5.74) is -0.999. The molecule has 1 aliphatic rings. The molecule has 6 heteroatoms. The monoisotopic (exact) mass is 239 g/mol. The molecule has 0 aromatic heterocycles. The van der Waals surface area contributed by atoms with Crippen molar-refractivity contribution in [2.45, 2.75) is 19.4 Å². The van der Waals surface area contributed by atoms with E-state index < -0.39 is 17.4 Å². The van der Waals surface area contributed by atoms with Crippen molar-refractivity contribution in [2.24, 2.45) is 0 Å². The average molecular weight is 239 g/mol. The molecule has 0 atom stereocenters. The van der Waals surface area contributed by atoms with Gasteiger partial charge >= 0.3 is 0 Å². The van der Waals surface area contributed by atoms with Crippen molar-refractivity contribution < 1.29 is 14.4 Å². The van der Waals surface area contributed by atoms with E-state index in [2.05, 4.69) is 17.2 Å². The van der Waals surface area contributed by atoms with Crippen LogP contribution in [-0.2, 0) is 14.4 Å². The second kappa shape index (κ2) is 5.09. The molecule has 0 saturated carbocycles. The molecule has 0 spiro atoms. The third-order valence-electron chi connectivity index (χ3n) is 2.65. The predicted octanol–water partition coefficient (Wildman–Crippen LogP) is -0.974. The van der Waals surface area contributed by atoms with E-state index in [1.807, 2.05) is 0 Å². The van der Waals surface area contributed by atoms with E-state index in [0.29, 0.717) is 6.54 Å². The molecule has 17 heavy (non-hydrogen) atoms. The van der Waals surface area contributed by atoms with Crippen LogP contribution >= 0.6 is 0 Å². The fourth-order valence-electron chi connectivity index (χ4n) is 1.56. The van der Waals surface area contributed by atoms with Crippen molar-refractivity contribution >= 4 is 17.7 Å². The van der Waals surface area contributed by atoms with Crippen molar-refractivity contribution in [2.75, 3.05) is 19.6 Å². The van der Waals surface area contributed by atoms with Crippen LogP contribution in [-0.4, -0.2) is 47.8 Å². The van der Waals surface area contributed by atoms with Crippen LogP contribution in [0.5, 0.6) is 0 Å². The first-order valence-corrected chi connectivity index (χ1v) is 5.36. The fraction of sp³-hybridized carbons (Fsp3) is 0.545. The van der Waals surface area contributed by atoms with Crippen LogP contribution in [0.4, 0.5) is 0 Å². The van der Waals surface area contributed by atoms with E-state index in [4.69, 9.17) is 0 Å². The van der Waals surface area contributed by atoms with Crippen molar-refractivity contribution in [1.82, 2.24) is 15.5 Å². The van der Waals surface area contributed by atoms with Crippen LogP contribution in [0.15, 0.2) is 12.7 Å². The Morgan fingerprint density at radius 1 is 1.59 bits per heavy atom. The molecule has 1 aliphatic heterocycles. The Labute approximate surface area is 100 Å². The maximum atomic E-state index is 11.9. The maximum absolute atomic E-state index is 11.9. The Kier molecular flexibility index (Phi) is 4.01. The highest BCUT2D eigenvalue weighted by atomic mass is 16.2. The van der Waals surface area contributed by atoms with Gasteiger partial charge in [0.25, 0.3) is 5.91 Å². The molecular weight excluding hydrogens is 222 g/mol. The van der Waals surface area contributed by atoms with E-state index >= 15 is 0 Å². The number of carbonyl (C=O) groups is 3. The highest BCUT2D eigenvalue weighted by molar-refractivity contribution is 6.06. The molecule has 1 rings (SSSR count). The van der Waals surface area contributed by atoms with Crippen molar-refractivity contribution in [3.63, 3.8) is 0 Å². The third-order valence-corrected chi connectivity index (χ3v) is 2.65. The molecule has 0 aromatic carbocycles. The standard InChI is InChI=1S/C11H17N3O3/c1-4-5-12-6-9(16)14-7-8(15)13-10(17)11(14,2)3/h4,12H,1,5-7H2,2-3H3,(H,13,15,17). The molecule has 0 unspecified atom stereocenters. The summed E-state index contributed by atoms with van der Waals surface area (Å²) in [7, 11) is 0. The van der Waals surface area contributed by atoms with E-state index in [0.717, 1.165) is 0 Å². The van der Waals surface area contributed by atoms with Gasteiger partial charge in [0, 0.05) is 6.54 Å². The van der Waals surface area contributed by atoms with Crippen molar-refractivity contribution in [3.8, 4) is 0 Å². The molecular formula is C11H17N3O3. The fourth-order valence-corrected chi connectivity index (χ4v) is 1.56. The number of imide groups is 1. The van der Waals surface area contributed by atoms with Crippen molar-refractivity contribution in [3.05, 3.63) is 12.7 Å². The summed E-state index contributed by atoms with van der Waals surface area (Å²) in [4.78, 5) is 36.0. The molecule has 94 valence electrons. The summed E-state index contributed by atoms with van der Waals surface area (Å²) in [6.45, 7) is 7.23. The number of amides is 3. The molecule has 3 amide bonds. The van der Waals surface area contributed by atoms with Gasteiger partial charge in [-0.15, -0.1) is 6.58 Å². The van der Waals surface area contributed by atoms with Gasteiger partial charge in [0.2, 0.25) is 11.8 Å². The summed E-state index contributed by atoms with van der Waals surface area (Å²) < 4.78 is 0. The van der Waals surface area contributed by atoms with Crippen LogP contribution in [0, 0.1) is 0 Å². The lowest BCUT2D eigenvalue weighted by Gasteiger charge is -2.40. The predicted molar refractivity (Wildman–Crippen MR) is 62.0 cm³/mol. The second-order valence-electron chi connectivity index (χ2n) is 4.34. The Morgan fingerprint density at radius 3 is 2.82 bits per heavy atom. The zero-order valence-electron chi connectivity index (χ0n) is 10.1. The Hall–Kier alpha value is -1.69. The average Bonchev–Trinajstić information content (AvgIpc) is 2.24. The Morgan fingerprint density at radius 2 is 2.24 bits per heavy atom. The zero-order chi connectivity index (χ0) is 13.1. The highest BCUT2D eigenvalue weighted by Crippen LogP contribution is 2.17. The molecule has 1 saturated heterocycles. The largest absolute Gasteiger partial charge is 0.318 e. The molecule has 1 heterocycles. The zero-order valence-corrected chi connectivity index (χ0v) is 10.1. The lowest BCUT2D eigenvalue weighted by atomic mass is 9.98. The van der Waals surface area contributed by atoms with E-state index in [1.165, 1.54) is 4.90 Å². The van der Waals surface area contributed by atoms with Gasteiger partial charge in [0.15, 0.2) is 0 Å². The lowest BCUT2D eigenvalue weighted by Crippen LogP contribution is -2.66. The number of nitrogens with zero attached hydrogens (tertiary/aromatic N) is 1. The summed E-state index contributed by atoms with van der Waals surface area (Å²) in [6, 6.07) is 0. The number of hydrogen-bond donors (Lipinski definition) is 2. The van der Waals surface area contributed by atoms with Gasteiger partial charge in [0.05, 0.1) is 6.54 Å². The maximum Gasteiger partial charge on any atom is 0.252 e. The molecule has 0 aromatic rings. The van der Waals surface area contributed by atoms with Crippen LogP contribution in [0.25, 0.3) is 0 Å². The quantitative estimate of drug-likeness (QED) is 0.376. The van der Waals surface area contributed by atoms with Gasteiger partial charge in [-0.3, -0.25) is 19.7 Å². The molecule has 0 aliphatic carbocycles. The number of hydrogen-bond acceptors (Lipinski definition) is 4. The summed E-state index contributed by atoms with van der Waals surface area (Å²) >= 11 is 0. The van der Waals surface area contributed by atoms with Gasteiger partial charge in [0.1, 0.15) is 12.1 Å². The normalized spacial score (nSPS) is 18.8. The number of carbonyl (C=O) groups excluding carboxylic acids is 3. The topological polar surface area (TPSA) is 78.5 Å². The van der Waals surface area contributed by atoms with Gasteiger partial charge in [-0.25, -0.2) is 0 Å². The van der Waals surface area contributed by atoms with Crippen molar-refractivity contribution in [1.29, 1.82) is 0 Å². The summed E-state index contributed by atoms with van der Waals surface area (Å²) in [5.74, 6) is -1.18. The third kappa shape index (κ3) is 2.91. The van der Waals surface area contributed by atoms with Crippen LogP contribution in [0.1, 0.15) is 13.8 Å². The molecule has 0 bridgehead atoms. The van der Waals surface area contributed by atoms with Crippen LogP contribution in [0.2, 0.25) is 0 Å². The first kappa shape index (κ1) is 13.4. The summed E-state index contributed by atoms with van der Waals surface area (Å²) in [6.07, 6.45) is 1.63. The van der Waals surface area contributed by atoms with Gasteiger partial charge in [-0.2, -0.15) is 0 Å². The van der Waals surface area contributed by atoms with E-state index in [1.54, 1.807) is 19.9 Å². The van der Waals surface area contributed by atoms with Gasteiger partial charge in [-0.05, 0) is 13.8 Å². The van der Waals surface area contributed by atoms with Crippen LogP contribution in [0.3, 0.4) is 0 Å². The minimum Gasteiger partial charge on any atom is -0.318 e. The SMILES string of the molecule is C=CCNCC(=O)N1CC(=O)NC(=O)C1(C)C. The molecule has 0 radical (unpaired) electrons. The van der Waals surface area contributed by atoms with E-state index in [9.17, 15) is 14.4 Å². The van der Waals surface area contributed by atoms with E-state index in [-0.39, 0.29) is 19.0 Å². The number of rotatable bonds is 4. The lowest BCUT2D eigenvalue weighted by molar-refractivity contribution is -0.155. The summed E-state index contributed by atoms with van der Waals surface area (Å²) in [5, 5.41) is 5.06. The Balaban J connectivity index is 2.72. The van der Waals surface area contributed by atoms with Gasteiger partial charge < -0.3 is 10.2 Å². The molecule has 6 nitrogen and oxygen atoms in total. The first-order chi connectivity index (χ1) is 7.89. The molecule has 2 N–H and O–H groups in total. The number of nitrogens with one attached hydrogen (secondary N) is 2. The number of piperazine rings is 1. The Bertz CT molecular complexity index is 363. The minimum atomic E-state index is -0.999. The first-order valence-electron chi connectivity index (χ1n) is 5.36.